The zero-order chi connectivity index (χ0) is 13.1. The van der Waals surface area contributed by atoms with Crippen LogP contribution in [0.4, 0.5) is 0 Å². The minimum atomic E-state index is 0.469. The molecule has 1 aromatic carbocycles. The lowest BCUT2D eigenvalue weighted by atomic mass is 9.98. The highest BCUT2D eigenvalue weighted by Crippen LogP contribution is 2.28. The molecule has 1 fully saturated rings. The van der Waals surface area contributed by atoms with Gasteiger partial charge in [-0.3, -0.25) is 0 Å². The third-order valence-corrected chi connectivity index (χ3v) is 3.75. The van der Waals surface area contributed by atoms with Crippen molar-refractivity contribution < 1.29 is 9.15 Å². The van der Waals surface area contributed by atoms with Crippen LogP contribution in [-0.4, -0.2) is 31.8 Å². The lowest BCUT2D eigenvalue weighted by Gasteiger charge is -2.19. The van der Waals surface area contributed by atoms with Crippen LogP contribution in [0, 0.1) is 0 Å². The Balaban J connectivity index is 1.83. The lowest BCUT2D eigenvalue weighted by molar-refractivity contribution is 0.202. The van der Waals surface area contributed by atoms with Gasteiger partial charge in [0.25, 0.3) is 0 Å². The van der Waals surface area contributed by atoms with Crippen LogP contribution >= 0.6 is 0 Å². The van der Waals surface area contributed by atoms with E-state index >= 15 is 0 Å². The molecule has 0 atom stereocenters. The van der Waals surface area contributed by atoms with Crippen LogP contribution < -0.4 is 5.32 Å². The monoisotopic (exact) mass is 260 g/mol. The molecule has 1 saturated heterocycles. The fourth-order valence-electron chi connectivity index (χ4n) is 2.61. The van der Waals surface area contributed by atoms with Gasteiger partial charge in [0.2, 0.25) is 0 Å². The van der Waals surface area contributed by atoms with Gasteiger partial charge in [-0.15, -0.1) is 0 Å². The Morgan fingerprint density at radius 3 is 3.00 bits per heavy atom. The molecule has 2 heterocycles. The number of hydrogen-bond donors (Lipinski definition) is 1. The molecule has 0 saturated carbocycles. The second kappa shape index (κ2) is 5.72. The zero-order valence-corrected chi connectivity index (χ0v) is 11.3. The normalized spacial score (nSPS) is 17.1. The zero-order valence-electron chi connectivity index (χ0n) is 11.3. The number of methoxy groups -OCH3 is 1. The van der Waals surface area contributed by atoms with Gasteiger partial charge in [-0.25, -0.2) is 4.98 Å². The third kappa shape index (κ3) is 2.80. The Hall–Kier alpha value is -1.39. The Labute approximate surface area is 113 Å². The van der Waals surface area contributed by atoms with Crippen LogP contribution in [0.5, 0.6) is 0 Å². The molecule has 1 aliphatic rings. The van der Waals surface area contributed by atoms with Gasteiger partial charge in [0.15, 0.2) is 11.5 Å². The third-order valence-electron chi connectivity index (χ3n) is 3.75. The second-order valence-corrected chi connectivity index (χ2v) is 5.12. The van der Waals surface area contributed by atoms with Gasteiger partial charge in [-0.2, -0.15) is 0 Å². The number of benzene rings is 1. The number of ether oxygens (including phenoxy) is 1. The Bertz CT molecular complexity index is 544. The van der Waals surface area contributed by atoms with Gasteiger partial charge in [0, 0.05) is 13.0 Å². The number of nitrogens with one attached hydrogen (secondary N) is 1. The first-order chi connectivity index (χ1) is 9.36. The Morgan fingerprint density at radius 1 is 1.37 bits per heavy atom. The van der Waals surface area contributed by atoms with Crippen LogP contribution in [0.25, 0.3) is 11.1 Å². The van der Waals surface area contributed by atoms with Crippen molar-refractivity contribution in [2.75, 3.05) is 26.8 Å². The summed E-state index contributed by atoms with van der Waals surface area (Å²) in [6.07, 6.45) is 3.14. The molecule has 3 rings (SSSR count). The van der Waals surface area contributed by atoms with E-state index in [9.17, 15) is 0 Å². The van der Waals surface area contributed by atoms with Crippen molar-refractivity contribution in [1.82, 2.24) is 10.3 Å². The van der Waals surface area contributed by atoms with E-state index in [1.54, 1.807) is 7.11 Å². The Morgan fingerprint density at radius 2 is 2.21 bits per heavy atom. The standard InChI is InChI=1S/C15H20N2O2/c1-18-9-6-11-2-3-13-14(10-11)19-15(17-13)12-4-7-16-8-5-12/h2-3,10,12,16H,4-9H2,1H3. The maximum absolute atomic E-state index is 5.95. The molecule has 1 aromatic heterocycles. The molecule has 4 nitrogen and oxygen atoms in total. The van der Waals surface area contributed by atoms with E-state index < -0.39 is 0 Å². The molecule has 4 heteroatoms. The molecular formula is C15H20N2O2. The summed E-state index contributed by atoms with van der Waals surface area (Å²) in [5.74, 6) is 1.37. The summed E-state index contributed by atoms with van der Waals surface area (Å²) < 4.78 is 11.1. The average Bonchev–Trinajstić information content (AvgIpc) is 2.89. The predicted molar refractivity (Wildman–Crippen MR) is 74.4 cm³/mol. The van der Waals surface area contributed by atoms with Crippen molar-refractivity contribution in [2.45, 2.75) is 25.2 Å². The highest BCUT2D eigenvalue weighted by atomic mass is 16.5. The van der Waals surface area contributed by atoms with Crippen molar-refractivity contribution in [3.63, 3.8) is 0 Å². The van der Waals surface area contributed by atoms with E-state index in [-0.39, 0.29) is 0 Å². The number of rotatable bonds is 4. The number of nitrogens with zero attached hydrogens (tertiary/aromatic N) is 1. The largest absolute Gasteiger partial charge is 0.440 e. The fourth-order valence-corrected chi connectivity index (χ4v) is 2.61. The molecule has 19 heavy (non-hydrogen) atoms. The molecule has 2 aromatic rings. The maximum atomic E-state index is 5.95. The van der Waals surface area contributed by atoms with Gasteiger partial charge in [-0.05, 0) is 50.0 Å². The number of piperidine rings is 1. The summed E-state index contributed by atoms with van der Waals surface area (Å²) >= 11 is 0. The second-order valence-electron chi connectivity index (χ2n) is 5.12. The summed E-state index contributed by atoms with van der Waals surface area (Å²) in [6.45, 7) is 2.85. The van der Waals surface area contributed by atoms with Crippen LogP contribution in [0.15, 0.2) is 22.6 Å². The van der Waals surface area contributed by atoms with Gasteiger partial charge >= 0.3 is 0 Å². The summed E-state index contributed by atoms with van der Waals surface area (Å²) in [5.41, 5.74) is 3.11. The molecule has 1 aliphatic heterocycles. The SMILES string of the molecule is COCCc1ccc2nc(C3CCNCC3)oc2c1. The van der Waals surface area contributed by atoms with Gasteiger partial charge in [0.1, 0.15) is 5.52 Å². The van der Waals surface area contributed by atoms with E-state index in [2.05, 4.69) is 28.5 Å². The molecule has 0 unspecified atom stereocenters. The molecular weight excluding hydrogens is 240 g/mol. The number of aromatic nitrogens is 1. The predicted octanol–water partition coefficient (Wildman–Crippen LogP) is 2.48. The summed E-state index contributed by atoms with van der Waals surface area (Å²) in [5, 5.41) is 3.37. The van der Waals surface area contributed by atoms with E-state index in [0.717, 1.165) is 55.9 Å². The van der Waals surface area contributed by atoms with E-state index in [0.29, 0.717) is 5.92 Å². The summed E-state index contributed by atoms with van der Waals surface area (Å²) in [4.78, 5) is 4.63. The van der Waals surface area contributed by atoms with Crippen molar-refractivity contribution in [3.05, 3.63) is 29.7 Å². The molecule has 1 N–H and O–H groups in total. The molecule has 0 amide bonds. The summed E-state index contributed by atoms with van der Waals surface area (Å²) in [7, 11) is 1.72. The van der Waals surface area contributed by atoms with Crippen molar-refractivity contribution >= 4 is 11.1 Å². The van der Waals surface area contributed by atoms with Gasteiger partial charge in [0.05, 0.1) is 6.61 Å². The van der Waals surface area contributed by atoms with E-state index in [1.165, 1.54) is 5.56 Å². The van der Waals surface area contributed by atoms with E-state index in [1.807, 2.05) is 0 Å². The topological polar surface area (TPSA) is 47.3 Å². The molecule has 0 bridgehead atoms. The number of hydrogen-bond acceptors (Lipinski definition) is 4. The highest BCUT2D eigenvalue weighted by Gasteiger charge is 2.20. The van der Waals surface area contributed by atoms with Crippen LogP contribution in [0.3, 0.4) is 0 Å². The Kier molecular flexibility index (Phi) is 3.80. The number of fused-ring (bicyclic) bond motifs is 1. The molecule has 102 valence electrons. The maximum Gasteiger partial charge on any atom is 0.198 e. The van der Waals surface area contributed by atoms with Gasteiger partial charge in [-0.1, -0.05) is 6.07 Å². The number of oxazole rings is 1. The van der Waals surface area contributed by atoms with E-state index in [4.69, 9.17) is 9.15 Å². The average molecular weight is 260 g/mol. The minimum Gasteiger partial charge on any atom is -0.440 e. The first-order valence-corrected chi connectivity index (χ1v) is 6.96. The van der Waals surface area contributed by atoms with Crippen molar-refractivity contribution in [2.24, 2.45) is 0 Å². The van der Waals surface area contributed by atoms with Crippen LogP contribution in [0.1, 0.15) is 30.2 Å². The molecule has 0 spiro atoms. The molecule has 0 radical (unpaired) electrons. The lowest BCUT2D eigenvalue weighted by Crippen LogP contribution is -2.26. The minimum absolute atomic E-state index is 0.469. The fraction of sp³-hybridized carbons (Fsp3) is 0.533. The smallest absolute Gasteiger partial charge is 0.198 e. The van der Waals surface area contributed by atoms with Crippen LogP contribution in [0.2, 0.25) is 0 Å². The molecule has 0 aliphatic carbocycles. The summed E-state index contributed by atoms with van der Waals surface area (Å²) in [6, 6.07) is 6.25. The quantitative estimate of drug-likeness (QED) is 0.917. The van der Waals surface area contributed by atoms with Crippen molar-refractivity contribution in [1.29, 1.82) is 0 Å². The van der Waals surface area contributed by atoms with Crippen molar-refractivity contribution in [3.8, 4) is 0 Å². The first kappa shape index (κ1) is 12.6. The highest BCUT2D eigenvalue weighted by molar-refractivity contribution is 5.73. The van der Waals surface area contributed by atoms with Gasteiger partial charge < -0.3 is 14.5 Å². The van der Waals surface area contributed by atoms with Crippen LogP contribution in [-0.2, 0) is 11.2 Å². The first-order valence-electron chi connectivity index (χ1n) is 6.96.